The molecule has 0 saturated heterocycles. The highest BCUT2D eigenvalue weighted by molar-refractivity contribution is 5.73. The van der Waals surface area contributed by atoms with Crippen molar-refractivity contribution in [3.8, 4) is 5.75 Å². The molecule has 1 aromatic carbocycles. The first kappa shape index (κ1) is 16.1. The molecule has 0 heterocycles. The molecule has 0 saturated carbocycles. The number of carbonyl (C=O) groups excluding carboxylic acids is 1. The number of para-hydroxylation sites is 1. The van der Waals surface area contributed by atoms with Gasteiger partial charge in [-0.1, -0.05) is 18.2 Å². The van der Waals surface area contributed by atoms with Crippen LogP contribution in [0.2, 0.25) is 0 Å². The van der Waals surface area contributed by atoms with Gasteiger partial charge in [-0.2, -0.15) is 0 Å². The van der Waals surface area contributed by atoms with Crippen molar-refractivity contribution in [3.63, 3.8) is 0 Å². The standard InChI is InChI=1S/C14H20N2O4/c1-10(17)20-13-7-3-2-5-11(13)9-16-12(14(18)19)6-4-8-15/h2-3,5,7,12,16H,4,6,8-9,15H2,1H3,(H,18,19). The Morgan fingerprint density at radius 2 is 2.10 bits per heavy atom. The van der Waals surface area contributed by atoms with Crippen LogP contribution in [0.5, 0.6) is 5.75 Å². The van der Waals surface area contributed by atoms with E-state index in [1.165, 1.54) is 6.92 Å². The summed E-state index contributed by atoms with van der Waals surface area (Å²) in [5.41, 5.74) is 6.12. The Labute approximate surface area is 117 Å². The molecular weight excluding hydrogens is 260 g/mol. The van der Waals surface area contributed by atoms with Crippen molar-refractivity contribution >= 4 is 11.9 Å². The highest BCUT2D eigenvalue weighted by atomic mass is 16.5. The number of carbonyl (C=O) groups is 2. The van der Waals surface area contributed by atoms with Gasteiger partial charge < -0.3 is 20.9 Å². The minimum atomic E-state index is -0.914. The van der Waals surface area contributed by atoms with E-state index in [2.05, 4.69) is 5.32 Å². The lowest BCUT2D eigenvalue weighted by Crippen LogP contribution is -2.36. The summed E-state index contributed by atoms with van der Waals surface area (Å²) >= 11 is 0. The zero-order valence-electron chi connectivity index (χ0n) is 11.5. The van der Waals surface area contributed by atoms with Crippen LogP contribution in [0, 0.1) is 0 Å². The van der Waals surface area contributed by atoms with Gasteiger partial charge >= 0.3 is 11.9 Å². The first-order valence-corrected chi connectivity index (χ1v) is 6.47. The number of ether oxygens (including phenoxy) is 1. The van der Waals surface area contributed by atoms with E-state index in [4.69, 9.17) is 15.6 Å². The summed E-state index contributed by atoms with van der Waals surface area (Å²) in [6.45, 7) is 2.09. The second-order valence-electron chi connectivity index (χ2n) is 4.40. The van der Waals surface area contributed by atoms with E-state index in [0.29, 0.717) is 31.7 Å². The fourth-order valence-electron chi connectivity index (χ4n) is 1.77. The fraction of sp³-hybridized carbons (Fsp3) is 0.429. The molecule has 20 heavy (non-hydrogen) atoms. The summed E-state index contributed by atoms with van der Waals surface area (Å²) in [6, 6.07) is 6.36. The zero-order valence-corrected chi connectivity index (χ0v) is 11.5. The summed E-state index contributed by atoms with van der Waals surface area (Å²) in [5, 5.41) is 12.0. The number of nitrogens with two attached hydrogens (primary N) is 1. The topological polar surface area (TPSA) is 102 Å². The molecule has 6 heteroatoms. The Morgan fingerprint density at radius 3 is 2.70 bits per heavy atom. The van der Waals surface area contributed by atoms with Gasteiger partial charge in [0.05, 0.1) is 0 Å². The van der Waals surface area contributed by atoms with Crippen molar-refractivity contribution in [1.29, 1.82) is 0 Å². The van der Waals surface area contributed by atoms with E-state index in [-0.39, 0.29) is 0 Å². The second kappa shape index (κ2) is 8.29. The van der Waals surface area contributed by atoms with Crippen LogP contribution in [0.1, 0.15) is 25.3 Å². The van der Waals surface area contributed by atoms with Crippen LogP contribution < -0.4 is 15.8 Å². The summed E-state index contributed by atoms with van der Waals surface area (Å²) in [7, 11) is 0. The van der Waals surface area contributed by atoms with E-state index < -0.39 is 18.0 Å². The van der Waals surface area contributed by atoms with Crippen molar-refractivity contribution in [2.45, 2.75) is 32.4 Å². The molecule has 0 aromatic heterocycles. The van der Waals surface area contributed by atoms with E-state index in [0.717, 1.165) is 5.56 Å². The fourth-order valence-corrected chi connectivity index (χ4v) is 1.77. The number of carboxylic acid groups (broad SMARTS) is 1. The summed E-state index contributed by atoms with van der Waals surface area (Å²) in [5.74, 6) is -0.880. The smallest absolute Gasteiger partial charge is 0.320 e. The predicted octanol–water partition coefficient (Wildman–Crippen LogP) is 0.894. The van der Waals surface area contributed by atoms with Crippen LogP contribution in [0.3, 0.4) is 0 Å². The molecule has 1 unspecified atom stereocenters. The Morgan fingerprint density at radius 1 is 1.40 bits per heavy atom. The number of hydrogen-bond acceptors (Lipinski definition) is 5. The molecule has 0 bridgehead atoms. The first-order valence-electron chi connectivity index (χ1n) is 6.47. The van der Waals surface area contributed by atoms with Gasteiger partial charge in [-0.15, -0.1) is 0 Å². The van der Waals surface area contributed by atoms with Gasteiger partial charge in [0.2, 0.25) is 0 Å². The average molecular weight is 280 g/mol. The van der Waals surface area contributed by atoms with Gasteiger partial charge in [0.25, 0.3) is 0 Å². The number of rotatable bonds is 8. The van der Waals surface area contributed by atoms with Gasteiger partial charge in [-0.25, -0.2) is 0 Å². The molecule has 1 rings (SSSR count). The normalized spacial score (nSPS) is 11.9. The van der Waals surface area contributed by atoms with Crippen molar-refractivity contribution in [2.24, 2.45) is 5.73 Å². The van der Waals surface area contributed by atoms with Gasteiger partial charge in [0, 0.05) is 19.0 Å². The molecule has 0 aliphatic heterocycles. The second-order valence-corrected chi connectivity index (χ2v) is 4.40. The molecule has 1 aromatic rings. The van der Waals surface area contributed by atoms with Crippen LogP contribution in [0.15, 0.2) is 24.3 Å². The Balaban J connectivity index is 2.67. The number of esters is 1. The van der Waals surface area contributed by atoms with Crippen molar-refractivity contribution < 1.29 is 19.4 Å². The maximum absolute atomic E-state index is 11.1. The molecule has 6 nitrogen and oxygen atoms in total. The monoisotopic (exact) mass is 280 g/mol. The molecule has 0 radical (unpaired) electrons. The molecule has 1 atom stereocenters. The molecule has 0 aliphatic carbocycles. The van der Waals surface area contributed by atoms with Crippen LogP contribution in [-0.4, -0.2) is 29.6 Å². The third-order valence-electron chi connectivity index (χ3n) is 2.76. The number of hydrogen-bond donors (Lipinski definition) is 3. The van der Waals surface area contributed by atoms with Crippen LogP contribution in [0.4, 0.5) is 0 Å². The Kier molecular flexibility index (Phi) is 6.69. The average Bonchev–Trinajstić information content (AvgIpc) is 2.39. The number of nitrogens with one attached hydrogen (secondary N) is 1. The third-order valence-corrected chi connectivity index (χ3v) is 2.76. The van der Waals surface area contributed by atoms with Gasteiger partial charge in [0.1, 0.15) is 11.8 Å². The van der Waals surface area contributed by atoms with E-state index in [1.54, 1.807) is 24.3 Å². The maximum Gasteiger partial charge on any atom is 0.320 e. The summed E-state index contributed by atoms with van der Waals surface area (Å²) in [6.07, 6.45) is 1.09. The van der Waals surface area contributed by atoms with Crippen molar-refractivity contribution in [3.05, 3.63) is 29.8 Å². The predicted molar refractivity (Wildman–Crippen MR) is 74.3 cm³/mol. The molecule has 4 N–H and O–H groups in total. The highest BCUT2D eigenvalue weighted by Crippen LogP contribution is 2.18. The molecular formula is C14H20N2O4. The van der Waals surface area contributed by atoms with Gasteiger partial charge in [-0.05, 0) is 25.5 Å². The van der Waals surface area contributed by atoms with Crippen LogP contribution in [0.25, 0.3) is 0 Å². The lowest BCUT2D eigenvalue weighted by Gasteiger charge is -2.15. The van der Waals surface area contributed by atoms with E-state index in [1.807, 2.05) is 0 Å². The lowest BCUT2D eigenvalue weighted by atomic mass is 10.1. The lowest BCUT2D eigenvalue weighted by molar-refractivity contribution is -0.139. The number of benzene rings is 1. The first-order chi connectivity index (χ1) is 9.54. The van der Waals surface area contributed by atoms with Gasteiger partial charge in [0.15, 0.2) is 0 Å². The van der Waals surface area contributed by atoms with Crippen molar-refractivity contribution in [2.75, 3.05) is 6.54 Å². The largest absolute Gasteiger partial charge is 0.480 e. The van der Waals surface area contributed by atoms with E-state index in [9.17, 15) is 9.59 Å². The molecule has 0 spiro atoms. The van der Waals surface area contributed by atoms with E-state index >= 15 is 0 Å². The third kappa shape index (κ3) is 5.38. The molecule has 0 fully saturated rings. The number of aliphatic carboxylic acids is 1. The molecule has 0 amide bonds. The quantitative estimate of drug-likeness (QED) is 0.483. The Bertz CT molecular complexity index is 462. The maximum atomic E-state index is 11.1. The summed E-state index contributed by atoms with van der Waals surface area (Å²) in [4.78, 5) is 22.1. The molecule has 110 valence electrons. The Hall–Kier alpha value is -1.92. The molecule has 0 aliphatic rings. The van der Waals surface area contributed by atoms with Crippen molar-refractivity contribution in [1.82, 2.24) is 5.32 Å². The highest BCUT2D eigenvalue weighted by Gasteiger charge is 2.16. The van der Waals surface area contributed by atoms with Crippen LogP contribution in [-0.2, 0) is 16.1 Å². The summed E-state index contributed by atoms with van der Waals surface area (Å²) < 4.78 is 5.07. The minimum Gasteiger partial charge on any atom is -0.480 e. The SMILES string of the molecule is CC(=O)Oc1ccccc1CNC(CCCN)C(=O)O. The zero-order chi connectivity index (χ0) is 15.0. The number of carboxylic acids is 1. The van der Waals surface area contributed by atoms with Crippen LogP contribution >= 0.6 is 0 Å². The minimum absolute atomic E-state index is 0.311. The van der Waals surface area contributed by atoms with Gasteiger partial charge in [-0.3, -0.25) is 9.59 Å².